The Morgan fingerprint density at radius 1 is 0.848 bits per heavy atom. The highest BCUT2D eigenvalue weighted by Gasteiger charge is 2.40. The van der Waals surface area contributed by atoms with E-state index >= 15 is 0 Å². The summed E-state index contributed by atoms with van der Waals surface area (Å²) in [7, 11) is -2.20. The van der Waals surface area contributed by atoms with Crippen molar-refractivity contribution in [1.29, 1.82) is 0 Å². The van der Waals surface area contributed by atoms with Crippen molar-refractivity contribution in [2.75, 3.05) is 4.90 Å². The third-order valence-electron chi connectivity index (χ3n) is 7.48. The highest BCUT2D eigenvalue weighted by atomic mass is 28.4. The van der Waals surface area contributed by atoms with Gasteiger partial charge in [0.2, 0.25) is 0 Å². The molecule has 2 aromatic carbocycles. The number of aliphatic imine (C=N–C) groups is 1. The predicted molar refractivity (Wildman–Crippen MR) is 187 cm³/mol. The zero-order chi connectivity index (χ0) is 34.5. The van der Waals surface area contributed by atoms with Crippen molar-refractivity contribution in [2.45, 2.75) is 104 Å². The van der Waals surface area contributed by atoms with E-state index < -0.39 is 31.7 Å². The number of nitrogens with two attached hydrogens (primary N) is 1. The SMILES string of the molecule is CC(C)(C)OC(=O)/N=C(\N)c1ccc(CN(C(=O)OC(C)(C)C)c2cc(C(O[Si](C)(C)C(C)(C)C)c3ccccc3)ccn2)cc1. The van der Waals surface area contributed by atoms with Crippen LogP contribution in [0, 0.1) is 0 Å². The zero-order valence-electron chi connectivity index (χ0n) is 29.2. The molecule has 0 fully saturated rings. The van der Waals surface area contributed by atoms with Gasteiger partial charge >= 0.3 is 12.2 Å². The van der Waals surface area contributed by atoms with E-state index in [4.69, 9.17) is 19.6 Å². The summed E-state index contributed by atoms with van der Waals surface area (Å²) in [5.41, 5.74) is 7.93. The molecule has 0 bridgehead atoms. The molecule has 10 heteroatoms. The third kappa shape index (κ3) is 10.5. The molecule has 1 heterocycles. The summed E-state index contributed by atoms with van der Waals surface area (Å²) in [6.07, 6.45) is 0.0521. The average Bonchev–Trinajstić information content (AvgIpc) is 2.93. The molecule has 1 aromatic heterocycles. The molecule has 0 aliphatic rings. The minimum absolute atomic E-state index is 0.00832. The van der Waals surface area contributed by atoms with Crippen LogP contribution in [0.25, 0.3) is 0 Å². The number of hydrogen-bond acceptors (Lipinski definition) is 6. The van der Waals surface area contributed by atoms with Crippen molar-refractivity contribution in [3.05, 3.63) is 95.2 Å². The second-order valence-electron chi connectivity index (χ2n) is 14.9. The van der Waals surface area contributed by atoms with E-state index in [0.717, 1.165) is 16.7 Å². The number of carbonyl (C=O) groups excluding carboxylic acids is 2. The van der Waals surface area contributed by atoms with E-state index in [9.17, 15) is 9.59 Å². The van der Waals surface area contributed by atoms with Crippen molar-refractivity contribution in [3.63, 3.8) is 0 Å². The van der Waals surface area contributed by atoms with Gasteiger partial charge in [0.05, 0.1) is 12.6 Å². The van der Waals surface area contributed by atoms with Crippen molar-refractivity contribution < 1.29 is 23.5 Å². The number of ether oxygens (including phenoxy) is 2. The smallest absolute Gasteiger partial charge is 0.436 e. The number of rotatable bonds is 8. The minimum Gasteiger partial charge on any atom is -0.443 e. The number of benzene rings is 2. The lowest BCUT2D eigenvalue weighted by molar-refractivity contribution is 0.0572. The molecule has 3 aromatic rings. The van der Waals surface area contributed by atoms with E-state index in [2.05, 4.69) is 56.0 Å². The minimum atomic E-state index is -2.20. The van der Waals surface area contributed by atoms with Crippen molar-refractivity contribution in [1.82, 2.24) is 4.98 Å². The number of amidine groups is 1. The third-order valence-corrected chi connectivity index (χ3v) is 11.9. The quantitative estimate of drug-likeness (QED) is 0.148. The maximum Gasteiger partial charge on any atom is 0.436 e. The van der Waals surface area contributed by atoms with Crippen LogP contribution in [0.2, 0.25) is 18.1 Å². The molecule has 46 heavy (non-hydrogen) atoms. The molecule has 3 rings (SSSR count). The predicted octanol–water partition coefficient (Wildman–Crippen LogP) is 8.77. The molecule has 2 N–H and O–H groups in total. The van der Waals surface area contributed by atoms with Crippen molar-refractivity contribution >= 4 is 32.2 Å². The summed E-state index contributed by atoms with van der Waals surface area (Å²) in [6.45, 7) is 22.0. The fourth-order valence-electron chi connectivity index (χ4n) is 4.14. The molecule has 0 spiro atoms. The molecule has 0 radical (unpaired) electrons. The normalized spacial score (nSPS) is 13.6. The van der Waals surface area contributed by atoms with Gasteiger partial charge in [-0.15, -0.1) is 0 Å². The van der Waals surface area contributed by atoms with Gasteiger partial charge in [0.25, 0.3) is 0 Å². The number of aromatic nitrogens is 1. The molecule has 0 aliphatic heterocycles. The lowest BCUT2D eigenvalue weighted by Crippen LogP contribution is -2.42. The van der Waals surface area contributed by atoms with Crippen LogP contribution < -0.4 is 10.6 Å². The Morgan fingerprint density at radius 2 is 1.43 bits per heavy atom. The van der Waals surface area contributed by atoms with Gasteiger partial charge < -0.3 is 19.6 Å². The molecular weight excluding hydrogens is 597 g/mol. The van der Waals surface area contributed by atoms with Gasteiger partial charge in [-0.2, -0.15) is 4.99 Å². The Morgan fingerprint density at radius 3 is 1.98 bits per heavy atom. The summed E-state index contributed by atoms with van der Waals surface area (Å²) >= 11 is 0. The van der Waals surface area contributed by atoms with Gasteiger partial charge in [-0.3, -0.25) is 4.90 Å². The first-order valence-electron chi connectivity index (χ1n) is 15.5. The zero-order valence-corrected chi connectivity index (χ0v) is 30.2. The molecule has 0 aliphatic carbocycles. The van der Waals surface area contributed by atoms with E-state index in [0.29, 0.717) is 11.4 Å². The Balaban J connectivity index is 2.00. The summed E-state index contributed by atoms with van der Waals surface area (Å²) in [5.74, 6) is 0.467. The standard InChI is InChI=1S/C36H50N4O5Si/c1-34(2,3)43-32(41)39-31(37)27-19-17-25(18-20-27)24-40(33(42)44-35(4,5)6)29-23-28(21-22-38-29)30(26-15-13-12-14-16-26)45-46(10,11)36(7,8)9/h12-23,30H,24H2,1-11H3,(H2,37,39,41). The van der Waals surface area contributed by atoms with Gasteiger partial charge in [0.1, 0.15) is 22.9 Å². The summed E-state index contributed by atoms with van der Waals surface area (Å²) in [4.78, 5) is 35.7. The number of carbonyl (C=O) groups is 2. The first-order valence-corrected chi connectivity index (χ1v) is 18.4. The van der Waals surface area contributed by atoms with Crippen molar-refractivity contribution in [3.8, 4) is 0 Å². The fourth-order valence-corrected chi connectivity index (χ4v) is 5.35. The van der Waals surface area contributed by atoms with E-state index in [1.165, 1.54) is 4.90 Å². The fraction of sp³-hybridized carbons (Fsp3) is 0.444. The highest BCUT2D eigenvalue weighted by Crippen LogP contribution is 2.42. The van der Waals surface area contributed by atoms with Gasteiger partial charge in [0, 0.05) is 11.8 Å². The number of amides is 2. The Bertz CT molecular complexity index is 1520. The lowest BCUT2D eigenvalue weighted by Gasteiger charge is -2.39. The number of pyridine rings is 1. The molecule has 0 saturated carbocycles. The van der Waals surface area contributed by atoms with Crippen LogP contribution in [0.15, 0.2) is 77.9 Å². The molecular formula is C36H50N4O5Si. The van der Waals surface area contributed by atoms with E-state index in [1.54, 1.807) is 39.1 Å². The monoisotopic (exact) mass is 646 g/mol. The second kappa shape index (κ2) is 14.2. The van der Waals surface area contributed by atoms with Gasteiger partial charge in [-0.05, 0) is 88.5 Å². The van der Waals surface area contributed by atoms with Gasteiger partial charge in [0.15, 0.2) is 8.32 Å². The highest BCUT2D eigenvalue weighted by molar-refractivity contribution is 6.74. The number of hydrogen-bond donors (Lipinski definition) is 1. The van der Waals surface area contributed by atoms with Crippen molar-refractivity contribution in [2.24, 2.45) is 10.7 Å². The largest absolute Gasteiger partial charge is 0.443 e. The summed E-state index contributed by atoms with van der Waals surface area (Å²) in [6, 6.07) is 21.1. The topological polar surface area (TPSA) is 116 Å². The maximum atomic E-state index is 13.6. The Kier molecular flexibility index (Phi) is 11.2. The average molecular weight is 647 g/mol. The summed E-state index contributed by atoms with van der Waals surface area (Å²) in [5, 5.41) is -0.00832. The number of anilines is 1. The second-order valence-corrected chi connectivity index (χ2v) is 19.6. The Hall–Kier alpha value is -4.02. The van der Waals surface area contributed by atoms with Crippen LogP contribution in [0.1, 0.15) is 90.7 Å². The molecule has 248 valence electrons. The molecule has 2 amide bonds. The van der Waals surface area contributed by atoms with Crippen LogP contribution in [-0.2, 0) is 20.4 Å². The Labute approximate surface area is 275 Å². The van der Waals surface area contributed by atoms with E-state index in [1.807, 2.05) is 63.2 Å². The lowest BCUT2D eigenvalue weighted by atomic mass is 10.0. The van der Waals surface area contributed by atoms with Crippen LogP contribution >= 0.6 is 0 Å². The van der Waals surface area contributed by atoms with Crippen LogP contribution in [-0.4, -0.2) is 42.5 Å². The van der Waals surface area contributed by atoms with Crippen LogP contribution in [0.3, 0.4) is 0 Å². The first-order chi connectivity index (χ1) is 21.1. The van der Waals surface area contributed by atoms with Crippen LogP contribution in [0.5, 0.6) is 0 Å². The maximum absolute atomic E-state index is 13.6. The summed E-state index contributed by atoms with van der Waals surface area (Å²) < 4.78 is 18.0. The number of nitrogens with zero attached hydrogens (tertiary/aromatic N) is 3. The van der Waals surface area contributed by atoms with Crippen LogP contribution in [0.4, 0.5) is 15.4 Å². The van der Waals surface area contributed by atoms with E-state index in [-0.39, 0.29) is 23.5 Å². The van der Waals surface area contributed by atoms with Gasteiger partial charge in [-0.1, -0.05) is 75.4 Å². The molecule has 1 atom stereocenters. The van der Waals surface area contributed by atoms with Gasteiger partial charge in [-0.25, -0.2) is 14.6 Å². The molecule has 1 unspecified atom stereocenters. The first kappa shape index (κ1) is 36.4. The molecule has 0 saturated heterocycles. The molecule has 9 nitrogen and oxygen atoms in total.